The van der Waals surface area contributed by atoms with Crippen molar-refractivity contribution in [2.24, 2.45) is 5.73 Å². The molecule has 1 aliphatic carbocycles. The third-order valence-electron chi connectivity index (χ3n) is 3.70. The van der Waals surface area contributed by atoms with Crippen molar-refractivity contribution in [3.8, 4) is 16.6 Å². The molecule has 0 amide bonds. The first-order valence-electron chi connectivity index (χ1n) is 7.04. The van der Waals surface area contributed by atoms with Gasteiger partial charge in [-0.3, -0.25) is 0 Å². The van der Waals surface area contributed by atoms with E-state index in [9.17, 15) is 0 Å². The van der Waals surface area contributed by atoms with Crippen molar-refractivity contribution >= 4 is 11.3 Å². The minimum Gasteiger partial charge on any atom is -0.463 e. The molecule has 0 saturated heterocycles. The first kappa shape index (κ1) is 12.7. The first-order valence-corrected chi connectivity index (χ1v) is 7.86. The lowest BCUT2D eigenvalue weighted by molar-refractivity contribution is 0.575. The minimum atomic E-state index is 0.321. The van der Waals surface area contributed by atoms with Gasteiger partial charge >= 0.3 is 0 Å². The van der Waals surface area contributed by atoms with Crippen LogP contribution in [0.3, 0.4) is 0 Å². The van der Waals surface area contributed by atoms with Crippen LogP contribution in [0.4, 0.5) is 0 Å². The molecule has 0 bridgehead atoms. The lowest BCUT2D eigenvalue weighted by Crippen LogP contribution is -2.02. The van der Waals surface area contributed by atoms with Crippen LogP contribution in [-0.2, 0) is 19.4 Å². The van der Waals surface area contributed by atoms with Crippen LogP contribution in [0, 0.1) is 0 Å². The second kappa shape index (κ2) is 5.09. The standard InChI is InChI=1S/C14H15N5OS/c15-8-10-13(11-5-3-7-20-11)19(18-17-10)14-16-9-4-1-2-6-12(9)21-14/h3,5,7H,1-2,4,6,8,15H2. The van der Waals surface area contributed by atoms with E-state index in [0.29, 0.717) is 12.3 Å². The van der Waals surface area contributed by atoms with Gasteiger partial charge in [-0.25, -0.2) is 4.98 Å². The van der Waals surface area contributed by atoms with Gasteiger partial charge in [0.25, 0.3) is 0 Å². The van der Waals surface area contributed by atoms with Crippen molar-refractivity contribution in [3.05, 3.63) is 34.7 Å². The molecule has 0 unspecified atom stereocenters. The molecule has 108 valence electrons. The van der Waals surface area contributed by atoms with Crippen LogP contribution in [0.25, 0.3) is 16.6 Å². The molecule has 0 fully saturated rings. The van der Waals surface area contributed by atoms with Crippen molar-refractivity contribution in [3.63, 3.8) is 0 Å². The zero-order valence-electron chi connectivity index (χ0n) is 11.5. The number of fused-ring (bicyclic) bond motifs is 1. The summed E-state index contributed by atoms with van der Waals surface area (Å²) in [5.74, 6) is 0.716. The molecule has 1 aliphatic rings. The second-order valence-electron chi connectivity index (χ2n) is 5.05. The van der Waals surface area contributed by atoms with Crippen LogP contribution in [-0.4, -0.2) is 20.0 Å². The molecule has 3 aromatic heterocycles. The maximum atomic E-state index is 5.77. The predicted molar refractivity (Wildman–Crippen MR) is 79.3 cm³/mol. The molecule has 6 nitrogen and oxygen atoms in total. The third-order valence-corrected chi connectivity index (χ3v) is 4.84. The molecule has 0 radical (unpaired) electrons. The fourth-order valence-electron chi connectivity index (χ4n) is 2.67. The Labute approximate surface area is 125 Å². The molecule has 0 aliphatic heterocycles. The molecule has 0 atom stereocenters. The van der Waals surface area contributed by atoms with Crippen LogP contribution in [0.1, 0.15) is 29.1 Å². The van der Waals surface area contributed by atoms with E-state index in [1.54, 1.807) is 22.3 Å². The SMILES string of the molecule is NCc1nnn(-c2nc3c(s2)CCCC3)c1-c1ccco1. The highest BCUT2D eigenvalue weighted by Gasteiger charge is 2.22. The molecular formula is C14H15N5OS. The van der Waals surface area contributed by atoms with Gasteiger partial charge in [-0.15, -0.1) is 5.10 Å². The highest BCUT2D eigenvalue weighted by molar-refractivity contribution is 7.14. The number of aryl methyl sites for hydroxylation is 2. The molecular weight excluding hydrogens is 286 g/mol. The number of nitrogens with two attached hydrogens (primary N) is 1. The van der Waals surface area contributed by atoms with E-state index in [4.69, 9.17) is 15.1 Å². The van der Waals surface area contributed by atoms with E-state index >= 15 is 0 Å². The quantitative estimate of drug-likeness (QED) is 0.802. The number of furan rings is 1. The van der Waals surface area contributed by atoms with Crippen LogP contribution in [0.2, 0.25) is 0 Å². The zero-order valence-corrected chi connectivity index (χ0v) is 12.3. The first-order chi connectivity index (χ1) is 10.4. The minimum absolute atomic E-state index is 0.321. The number of aromatic nitrogens is 4. The molecule has 7 heteroatoms. The van der Waals surface area contributed by atoms with Crippen LogP contribution in [0.15, 0.2) is 22.8 Å². The van der Waals surface area contributed by atoms with Gasteiger partial charge in [0, 0.05) is 11.4 Å². The summed E-state index contributed by atoms with van der Waals surface area (Å²) >= 11 is 1.69. The summed E-state index contributed by atoms with van der Waals surface area (Å²) in [7, 11) is 0. The number of hydrogen-bond donors (Lipinski definition) is 1. The maximum Gasteiger partial charge on any atom is 0.212 e. The lowest BCUT2D eigenvalue weighted by atomic mass is 10.0. The van der Waals surface area contributed by atoms with Gasteiger partial charge in [-0.05, 0) is 37.8 Å². The zero-order chi connectivity index (χ0) is 14.2. The van der Waals surface area contributed by atoms with Crippen LogP contribution < -0.4 is 5.73 Å². The summed E-state index contributed by atoms with van der Waals surface area (Å²) in [6, 6.07) is 3.74. The number of nitrogens with zero attached hydrogens (tertiary/aromatic N) is 4. The van der Waals surface area contributed by atoms with Crippen molar-refractivity contribution in [1.29, 1.82) is 0 Å². The summed E-state index contributed by atoms with van der Waals surface area (Å²) in [5.41, 5.74) is 8.50. The Balaban J connectivity index is 1.85. The highest BCUT2D eigenvalue weighted by Crippen LogP contribution is 2.32. The van der Waals surface area contributed by atoms with Crippen molar-refractivity contribution < 1.29 is 4.42 Å². The monoisotopic (exact) mass is 301 g/mol. The summed E-state index contributed by atoms with van der Waals surface area (Å²) < 4.78 is 7.26. The summed E-state index contributed by atoms with van der Waals surface area (Å²) in [4.78, 5) is 6.10. The second-order valence-corrected chi connectivity index (χ2v) is 6.11. The maximum absolute atomic E-state index is 5.77. The average molecular weight is 301 g/mol. The largest absolute Gasteiger partial charge is 0.463 e. The van der Waals surface area contributed by atoms with E-state index in [2.05, 4.69) is 10.3 Å². The Morgan fingerprint density at radius 1 is 1.33 bits per heavy atom. The lowest BCUT2D eigenvalue weighted by Gasteiger charge is -2.06. The van der Waals surface area contributed by atoms with Crippen LogP contribution in [0.5, 0.6) is 0 Å². The van der Waals surface area contributed by atoms with Gasteiger partial charge in [0.1, 0.15) is 11.4 Å². The fraction of sp³-hybridized carbons (Fsp3) is 0.357. The molecule has 3 aromatic rings. The summed E-state index contributed by atoms with van der Waals surface area (Å²) in [6.07, 6.45) is 6.26. The normalized spacial score (nSPS) is 14.3. The van der Waals surface area contributed by atoms with E-state index in [0.717, 1.165) is 29.4 Å². The Morgan fingerprint density at radius 2 is 2.24 bits per heavy atom. The number of hydrogen-bond acceptors (Lipinski definition) is 6. The molecule has 0 aromatic carbocycles. The molecule has 21 heavy (non-hydrogen) atoms. The molecule has 3 heterocycles. The Kier molecular flexibility index (Phi) is 3.08. The van der Waals surface area contributed by atoms with Crippen molar-refractivity contribution in [2.45, 2.75) is 32.2 Å². The van der Waals surface area contributed by atoms with Gasteiger partial charge in [-0.1, -0.05) is 16.6 Å². The fourth-order valence-corrected chi connectivity index (χ4v) is 3.78. The topological polar surface area (TPSA) is 82.8 Å². The van der Waals surface area contributed by atoms with Gasteiger partial charge in [0.05, 0.1) is 12.0 Å². The predicted octanol–water partition coefficient (Wildman–Crippen LogP) is 2.32. The van der Waals surface area contributed by atoms with Crippen molar-refractivity contribution in [1.82, 2.24) is 20.0 Å². The van der Waals surface area contributed by atoms with E-state index in [1.807, 2.05) is 12.1 Å². The van der Waals surface area contributed by atoms with E-state index in [1.165, 1.54) is 23.4 Å². The number of thiazole rings is 1. The van der Waals surface area contributed by atoms with E-state index < -0.39 is 0 Å². The molecule has 0 spiro atoms. The third kappa shape index (κ3) is 2.09. The van der Waals surface area contributed by atoms with Gasteiger partial charge in [0.2, 0.25) is 5.13 Å². The van der Waals surface area contributed by atoms with Crippen molar-refractivity contribution in [2.75, 3.05) is 0 Å². The number of rotatable bonds is 3. The average Bonchev–Trinajstić information content (AvgIpc) is 3.23. The van der Waals surface area contributed by atoms with Gasteiger partial charge < -0.3 is 10.2 Å². The van der Waals surface area contributed by atoms with E-state index in [-0.39, 0.29) is 0 Å². The van der Waals surface area contributed by atoms with Gasteiger partial charge in [0.15, 0.2) is 5.76 Å². The molecule has 2 N–H and O–H groups in total. The van der Waals surface area contributed by atoms with Gasteiger partial charge in [-0.2, -0.15) is 4.68 Å². The molecule has 4 rings (SSSR count). The highest BCUT2D eigenvalue weighted by atomic mass is 32.1. The summed E-state index contributed by atoms with van der Waals surface area (Å²) in [5, 5.41) is 9.25. The smallest absolute Gasteiger partial charge is 0.212 e. The molecule has 0 saturated carbocycles. The van der Waals surface area contributed by atoms with Crippen LogP contribution >= 0.6 is 11.3 Å². The summed E-state index contributed by atoms with van der Waals surface area (Å²) in [6.45, 7) is 0.321. The Morgan fingerprint density at radius 3 is 3.00 bits per heavy atom. The Bertz CT molecular complexity index is 735. The Hall–Kier alpha value is -1.99.